The van der Waals surface area contributed by atoms with Crippen LogP contribution in [-0.2, 0) is 6.54 Å². The summed E-state index contributed by atoms with van der Waals surface area (Å²) in [7, 11) is 0. The maximum atomic E-state index is 11.9. The van der Waals surface area contributed by atoms with Gasteiger partial charge in [0.1, 0.15) is 0 Å². The zero-order chi connectivity index (χ0) is 14.2. The molecule has 0 aliphatic heterocycles. The van der Waals surface area contributed by atoms with Gasteiger partial charge in [0.25, 0.3) is 0 Å². The van der Waals surface area contributed by atoms with Crippen LogP contribution in [0.25, 0.3) is 0 Å². The topological polar surface area (TPSA) is 79.2 Å². The molecule has 1 aliphatic carbocycles. The molecule has 1 aliphatic rings. The Morgan fingerprint density at radius 3 is 2.95 bits per heavy atom. The Labute approximate surface area is 119 Å². The van der Waals surface area contributed by atoms with Gasteiger partial charge in [-0.25, -0.2) is 9.78 Å². The van der Waals surface area contributed by atoms with E-state index < -0.39 is 0 Å². The Morgan fingerprint density at radius 2 is 2.20 bits per heavy atom. The monoisotopic (exact) mass is 280 g/mol. The molecule has 112 valence electrons. The van der Waals surface area contributed by atoms with E-state index in [4.69, 9.17) is 0 Å². The van der Waals surface area contributed by atoms with E-state index in [-0.39, 0.29) is 24.6 Å². The number of urea groups is 1. The van der Waals surface area contributed by atoms with Crippen LogP contribution in [0.3, 0.4) is 0 Å². The molecule has 3 N–H and O–H groups in total. The second kappa shape index (κ2) is 7.89. The Balaban J connectivity index is 1.71. The van der Waals surface area contributed by atoms with E-state index in [1.54, 1.807) is 12.5 Å². The van der Waals surface area contributed by atoms with Crippen molar-refractivity contribution in [2.45, 2.75) is 44.7 Å². The lowest BCUT2D eigenvalue weighted by molar-refractivity contribution is 0.179. The van der Waals surface area contributed by atoms with Gasteiger partial charge >= 0.3 is 6.03 Å². The fraction of sp³-hybridized carbons (Fsp3) is 0.714. The number of aliphatic hydroxyl groups excluding tert-OH is 1. The summed E-state index contributed by atoms with van der Waals surface area (Å²) < 4.78 is 1.92. The van der Waals surface area contributed by atoms with Crippen molar-refractivity contribution in [3.63, 3.8) is 0 Å². The molecule has 6 nitrogen and oxygen atoms in total. The van der Waals surface area contributed by atoms with Crippen LogP contribution in [-0.4, -0.2) is 39.9 Å². The molecule has 0 spiro atoms. The third kappa shape index (κ3) is 4.52. The number of carbonyl (C=O) groups is 1. The highest BCUT2D eigenvalue weighted by atomic mass is 16.3. The summed E-state index contributed by atoms with van der Waals surface area (Å²) in [5.41, 5.74) is 0. The van der Waals surface area contributed by atoms with E-state index in [0.717, 1.165) is 25.7 Å². The van der Waals surface area contributed by atoms with Crippen molar-refractivity contribution in [2.75, 3.05) is 13.2 Å². The number of aromatic nitrogens is 2. The van der Waals surface area contributed by atoms with Crippen LogP contribution in [0.2, 0.25) is 0 Å². The maximum absolute atomic E-state index is 11.9. The molecule has 20 heavy (non-hydrogen) atoms. The lowest BCUT2D eigenvalue weighted by Crippen LogP contribution is -2.46. The summed E-state index contributed by atoms with van der Waals surface area (Å²) in [6.45, 7) is 1.43. The minimum atomic E-state index is -0.143. The average Bonchev–Trinajstić information content (AvgIpc) is 2.85. The van der Waals surface area contributed by atoms with Gasteiger partial charge in [0.2, 0.25) is 0 Å². The molecule has 1 saturated carbocycles. The molecule has 6 heteroatoms. The predicted molar refractivity (Wildman–Crippen MR) is 76.2 cm³/mol. The fourth-order valence-electron chi connectivity index (χ4n) is 2.73. The zero-order valence-corrected chi connectivity index (χ0v) is 11.8. The number of carbonyl (C=O) groups excluding carboxylic acids is 1. The highest BCUT2D eigenvalue weighted by Gasteiger charge is 2.24. The van der Waals surface area contributed by atoms with Crippen molar-refractivity contribution in [2.24, 2.45) is 5.92 Å². The molecule has 1 fully saturated rings. The predicted octanol–water partition coefficient (Wildman–Crippen LogP) is 1.12. The number of amides is 2. The first kappa shape index (κ1) is 14.8. The molecule has 2 amide bonds. The van der Waals surface area contributed by atoms with E-state index in [1.807, 2.05) is 10.8 Å². The molecule has 0 aromatic carbocycles. The summed E-state index contributed by atoms with van der Waals surface area (Å²) in [5, 5.41) is 15.3. The number of aliphatic hydroxyl groups is 1. The van der Waals surface area contributed by atoms with Crippen molar-refractivity contribution in [1.29, 1.82) is 0 Å². The van der Waals surface area contributed by atoms with Crippen LogP contribution >= 0.6 is 0 Å². The highest BCUT2D eigenvalue weighted by molar-refractivity contribution is 5.74. The van der Waals surface area contributed by atoms with Gasteiger partial charge < -0.3 is 20.3 Å². The van der Waals surface area contributed by atoms with Crippen molar-refractivity contribution in [3.8, 4) is 0 Å². The SMILES string of the molecule is O=C(NCCn1ccnc1)N[C@@H]1CCCCC[C@@H]1CO. The standard InChI is InChI=1S/C14H24N4O2/c19-10-12-4-2-1-3-5-13(12)17-14(20)16-7-9-18-8-6-15-11-18/h6,8,11-13,19H,1-5,7,9-10H2,(H2,16,17,20)/t12-,13-/m1/s1. The third-order valence-electron chi connectivity index (χ3n) is 3.92. The van der Waals surface area contributed by atoms with Crippen LogP contribution in [0.5, 0.6) is 0 Å². The first-order chi connectivity index (χ1) is 9.79. The minimum absolute atomic E-state index is 0.0933. The molecule has 2 rings (SSSR count). The number of rotatable bonds is 5. The Bertz CT molecular complexity index is 394. The number of hydrogen-bond donors (Lipinski definition) is 3. The van der Waals surface area contributed by atoms with E-state index in [0.29, 0.717) is 13.1 Å². The summed E-state index contributed by atoms with van der Waals surface area (Å²) in [6, 6.07) is -0.0498. The van der Waals surface area contributed by atoms with Crippen molar-refractivity contribution in [1.82, 2.24) is 20.2 Å². The molecule has 2 atom stereocenters. The molecule has 0 radical (unpaired) electrons. The van der Waals surface area contributed by atoms with E-state index >= 15 is 0 Å². The van der Waals surface area contributed by atoms with Crippen molar-refractivity contribution < 1.29 is 9.90 Å². The molecule has 1 aromatic rings. The van der Waals surface area contributed by atoms with E-state index in [9.17, 15) is 9.90 Å². The van der Waals surface area contributed by atoms with Gasteiger partial charge in [-0.2, -0.15) is 0 Å². The second-order valence-electron chi connectivity index (χ2n) is 5.39. The summed E-state index contributed by atoms with van der Waals surface area (Å²) >= 11 is 0. The molecule has 0 bridgehead atoms. The van der Waals surface area contributed by atoms with Crippen LogP contribution in [0.1, 0.15) is 32.1 Å². The Kier molecular flexibility index (Phi) is 5.86. The summed E-state index contributed by atoms with van der Waals surface area (Å²) in [4.78, 5) is 15.8. The number of nitrogens with one attached hydrogen (secondary N) is 2. The fourth-order valence-corrected chi connectivity index (χ4v) is 2.73. The van der Waals surface area contributed by atoms with Gasteiger partial charge in [0.05, 0.1) is 6.33 Å². The lowest BCUT2D eigenvalue weighted by Gasteiger charge is -2.24. The minimum Gasteiger partial charge on any atom is -0.396 e. The molecule has 0 saturated heterocycles. The van der Waals surface area contributed by atoms with E-state index in [2.05, 4.69) is 15.6 Å². The normalized spacial score (nSPS) is 23.1. The first-order valence-electron chi connectivity index (χ1n) is 7.40. The Morgan fingerprint density at radius 1 is 1.35 bits per heavy atom. The van der Waals surface area contributed by atoms with Crippen LogP contribution in [0.4, 0.5) is 4.79 Å². The first-order valence-corrected chi connectivity index (χ1v) is 7.40. The van der Waals surface area contributed by atoms with Crippen LogP contribution < -0.4 is 10.6 Å². The van der Waals surface area contributed by atoms with Crippen molar-refractivity contribution >= 4 is 6.03 Å². The largest absolute Gasteiger partial charge is 0.396 e. The molecule has 1 aromatic heterocycles. The van der Waals surface area contributed by atoms with Crippen LogP contribution in [0, 0.1) is 5.92 Å². The molecule has 1 heterocycles. The van der Waals surface area contributed by atoms with Gasteiger partial charge in [-0.1, -0.05) is 19.3 Å². The van der Waals surface area contributed by atoms with Crippen LogP contribution in [0.15, 0.2) is 18.7 Å². The number of nitrogens with zero attached hydrogens (tertiary/aromatic N) is 2. The highest BCUT2D eigenvalue weighted by Crippen LogP contribution is 2.22. The van der Waals surface area contributed by atoms with Gasteiger partial charge in [-0.3, -0.25) is 0 Å². The number of imidazole rings is 1. The number of hydrogen-bond acceptors (Lipinski definition) is 3. The summed E-state index contributed by atoms with van der Waals surface area (Å²) in [5.74, 6) is 0.192. The van der Waals surface area contributed by atoms with Gasteiger partial charge in [0, 0.05) is 44.0 Å². The maximum Gasteiger partial charge on any atom is 0.315 e. The molecular formula is C14H24N4O2. The van der Waals surface area contributed by atoms with Gasteiger partial charge in [-0.05, 0) is 12.8 Å². The molecule has 0 unspecified atom stereocenters. The van der Waals surface area contributed by atoms with Gasteiger partial charge in [0.15, 0.2) is 0 Å². The second-order valence-corrected chi connectivity index (χ2v) is 5.39. The third-order valence-corrected chi connectivity index (χ3v) is 3.92. The van der Waals surface area contributed by atoms with Gasteiger partial charge in [-0.15, -0.1) is 0 Å². The quantitative estimate of drug-likeness (QED) is 0.707. The average molecular weight is 280 g/mol. The summed E-state index contributed by atoms with van der Waals surface area (Å²) in [6.07, 6.45) is 10.7. The van der Waals surface area contributed by atoms with E-state index in [1.165, 1.54) is 6.42 Å². The lowest BCUT2D eigenvalue weighted by atomic mass is 9.96. The zero-order valence-electron chi connectivity index (χ0n) is 11.8. The smallest absolute Gasteiger partial charge is 0.315 e. The molecular weight excluding hydrogens is 256 g/mol. The van der Waals surface area contributed by atoms with Crippen molar-refractivity contribution in [3.05, 3.63) is 18.7 Å². The Hall–Kier alpha value is -1.56.